The lowest BCUT2D eigenvalue weighted by atomic mass is 10.3. The van der Waals surface area contributed by atoms with Crippen LogP contribution in [0.4, 0.5) is 4.79 Å². The highest BCUT2D eigenvalue weighted by atomic mass is 16.2. The zero-order valence-corrected chi connectivity index (χ0v) is 9.23. The monoisotopic (exact) mass is 210 g/mol. The average molecular weight is 210 g/mol. The second-order valence-corrected chi connectivity index (χ2v) is 3.33. The maximum Gasteiger partial charge on any atom is 0.316 e. The van der Waals surface area contributed by atoms with Gasteiger partial charge in [-0.3, -0.25) is 0 Å². The van der Waals surface area contributed by atoms with Gasteiger partial charge in [-0.05, 0) is 12.8 Å². The van der Waals surface area contributed by atoms with Crippen LogP contribution in [-0.2, 0) is 0 Å². The van der Waals surface area contributed by atoms with Gasteiger partial charge in [0.2, 0.25) is 0 Å². The Morgan fingerprint density at radius 1 is 1.53 bits per heavy atom. The van der Waals surface area contributed by atoms with E-state index in [1.54, 1.807) is 12.5 Å². The van der Waals surface area contributed by atoms with Crippen molar-refractivity contribution in [2.75, 3.05) is 6.54 Å². The van der Waals surface area contributed by atoms with Gasteiger partial charge in [-0.25, -0.2) is 9.78 Å². The Morgan fingerprint density at radius 3 is 2.87 bits per heavy atom. The number of amides is 2. The van der Waals surface area contributed by atoms with Gasteiger partial charge in [-0.2, -0.15) is 0 Å². The van der Waals surface area contributed by atoms with Crippen LogP contribution in [0.15, 0.2) is 18.7 Å². The van der Waals surface area contributed by atoms with E-state index >= 15 is 0 Å². The fourth-order valence-corrected chi connectivity index (χ4v) is 1.28. The molecule has 5 heteroatoms. The number of carbonyl (C=O) groups is 1. The van der Waals surface area contributed by atoms with Gasteiger partial charge in [0.1, 0.15) is 6.17 Å². The van der Waals surface area contributed by atoms with Gasteiger partial charge in [0.25, 0.3) is 0 Å². The third kappa shape index (κ3) is 3.61. The minimum Gasteiger partial charge on any atom is -0.338 e. The average Bonchev–Trinajstić information content (AvgIpc) is 2.76. The van der Waals surface area contributed by atoms with E-state index in [9.17, 15) is 4.79 Å². The van der Waals surface area contributed by atoms with Crippen molar-refractivity contribution in [1.82, 2.24) is 20.2 Å². The van der Waals surface area contributed by atoms with Crippen molar-refractivity contribution in [3.8, 4) is 0 Å². The van der Waals surface area contributed by atoms with Crippen LogP contribution in [0.1, 0.15) is 32.9 Å². The summed E-state index contributed by atoms with van der Waals surface area (Å²) in [5.74, 6) is 0. The van der Waals surface area contributed by atoms with Crippen LogP contribution in [0.5, 0.6) is 0 Å². The number of imidazole rings is 1. The molecule has 0 saturated carbocycles. The molecule has 0 fully saturated rings. The number of hydrogen-bond donors (Lipinski definition) is 2. The molecule has 1 aromatic heterocycles. The molecule has 5 nitrogen and oxygen atoms in total. The molecule has 0 radical (unpaired) electrons. The molecule has 0 aliphatic heterocycles. The second-order valence-electron chi connectivity index (χ2n) is 3.33. The second kappa shape index (κ2) is 6.06. The molecular formula is C10H18N4O. The van der Waals surface area contributed by atoms with Crippen molar-refractivity contribution >= 4 is 6.03 Å². The van der Waals surface area contributed by atoms with Crippen molar-refractivity contribution in [3.63, 3.8) is 0 Å². The molecule has 0 aromatic carbocycles. The smallest absolute Gasteiger partial charge is 0.316 e. The van der Waals surface area contributed by atoms with E-state index < -0.39 is 0 Å². The van der Waals surface area contributed by atoms with Gasteiger partial charge in [0, 0.05) is 18.9 Å². The SMILES string of the molecule is CCCNC(=O)NC(CC)n1ccnc1. The van der Waals surface area contributed by atoms with Crippen LogP contribution in [0.2, 0.25) is 0 Å². The molecule has 15 heavy (non-hydrogen) atoms. The highest BCUT2D eigenvalue weighted by molar-refractivity contribution is 5.73. The van der Waals surface area contributed by atoms with Gasteiger partial charge in [-0.1, -0.05) is 13.8 Å². The van der Waals surface area contributed by atoms with E-state index in [4.69, 9.17) is 0 Å². The highest BCUT2D eigenvalue weighted by Crippen LogP contribution is 2.05. The number of aromatic nitrogens is 2. The summed E-state index contributed by atoms with van der Waals surface area (Å²) >= 11 is 0. The molecular weight excluding hydrogens is 192 g/mol. The number of carbonyl (C=O) groups excluding carboxylic acids is 1. The lowest BCUT2D eigenvalue weighted by Gasteiger charge is -2.18. The zero-order valence-electron chi connectivity index (χ0n) is 9.23. The van der Waals surface area contributed by atoms with Crippen LogP contribution in [-0.4, -0.2) is 22.1 Å². The summed E-state index contributed by atoms with van der Waals surface area (Å²) in [7, 11) is 0. The molecule has 1 atom stereocenters. The Labute approximate surface area is 89.9 Å². The maximum atomic E-state index is 11.4. The molecule has 1 aromatic rings. The fraction of sp³-hybridized carbons (Fsp3) is 0.600. The van der Waals surface area contributed by atoms with Gasteiger partial charge in [-0.15, -0.1) is 0 Å². The molecule has 0 spiro atoms. The summed E-state index contributed by atoms with van der Waals surface area (Å²) < 4.78 is 1.88. The number of hydrogen-bond acceptors (Lipinski definition) is 2. The highest BCUT2D eigenvalue weighted by Gasteiger charge is 2.10. The number of nitrogens with zero attached hydrogens (tertiary/aromatic N) is 2. The van der Waals surface area contributed by atoms with E-state index in [-0.39, 0.29) is 12.2 Å². The summed E-state index contributed by atoms with van der Waals surface area (Å²) in [5, 5.41) is 5.65. The summed E-state index contributed by atoms with van der Waals surface area (Å²) in [6, 6.07) is -0.127. The molecule has 0 aliphatic rings. The summed E-state index contributed by atoms with van der Waals surface area (Å²) in [4.78, 5) is 15.4. The van der Waals surface area contributed by atoms with E-state index in [0.717, 1.165) is 12.8 Å². The Kier molecular flexibility index (Phi) is 4.66. The van der Waals surface area contributed by atoms with Crippen LogP contribution >= 0.6 is 0 Å². The third-order valence-corrected chi connectivity index (χ3v) is 2.10. The van der Waals surface area contributed by atoms with Crippen LogP contribution in [0.25, 0.3) is 0 Å². The Balaban J connectivity index is 2.44. The van der Waals surface area contributed by atoms with Crippen molar-refractivity contribution in [2.24, 2.45) is 0 Å². The molecule has 0 bridgehead atoms. The zero-order chi connectivity index (χ0) is 11.1. The maximum absolute atomic E-state index is 11.4. The number of urea groups is 1. The van der Waals surface area contributed by atoms with E-state index in [2.05, 4.69) is 15.6 Å². The molecule has 1 heterocycles. The fourth-order valence-electron chi connectivity index (χ4n) is 1.28. The van der Waals surface area contributed by atoms with Gasteiger partial charge < -0.3 is 15.2 Å². The van der Waals surface area contributed by atoms with E-state index in [1.807, 2.05) is 24.6 Å². The van der Waals surface area contributed by atoms with Crippen LogP contribution in [0.3, 0.4) is 0 Å². The van der Waals surface area contributed by atoms with Crippen molar-refractivity contribution in [3.05, 3.63) is 18.7 Å². The van der Waals surface area contributed by atoms with E-state index in [0.29, 0.717) is 6.54 Å². The topological polar surface area (TPSA) is 59.0 Å². The van der Waals surface area contributed by atoms with E-state index in [1.165, 1.54) is 0 Å². The van der Waals surface area contributed by atoms with Gasteiger partial charge in [0.15, 0.2) is 0 Å². The molecule has 1 unspecified atom stereocenters. The normalized spacial score (nSPS) is 12.1. The van der Waals surface area contributed by atoms with Crippen molar-refractivity contribution in [1.29, 1.82) is 0 Å². The predicted octanol–water partition coefficient (Wildman–Crippen LogP) is 1.50. The van der Waals surface area contributed by atoms with Crippen LogP contribution in [0, 0.1) is 0 Å². The quantitative estimate of drug-likeness (QED) is 0.773. The molecule has 2 amide bonds. The summed E-state index contributed by atoms with van der Waals surface area (Å²) in [5.41, 5.74) is 0. The van der Waals surface area contributed by atoms with Crippen LogP contribution < -0.4 is 10.6 Å². The number of nitrogens with one attached hydrogen (secondary N) is 2. The first-order chi connectivity index (χ1) is 7.27. The summed E-state index contributed by atoms with van der Waals surface area (Å²) in [6.45, 7) is 4.74. The third-order valence-electron chi connectivity index (χ3n) is 2.10. The number of rotatable bonds is 5. The molecule has 2 N–H and O–H groups in total. The lowest BCUT2D eigenvalue weighted by Crippen LogP contribution is -2.39. The standard InChI is InChI=1S/C10H18N4O/c1-3-5-12-10(15)13-9(4-2)14-7-6-11-8-14/h6-9H,3-5H2,1-2H3,(H2,12,13,15). The first-order valence-corrected chi connectivity index (χ1v) is 5.29. The Morgan fingerprint density at radius 2 is 2.33 bits per heavy atom. The summed E-state index contributed by atoms with van der Waals surface area (Å²) in [6.07, 6.45) is 6.99. The van der Waals surface area contributed by atoms with Crippen molar-refractivity contribution in [2.45, 2.75) is 32.9 Å². The first-order valence-electron chi connectivity index (χ1n) is 5.29. The molecule has 0 saturated heterocycles. The first kappa shape index (κ1) is 11.6. The Hall–Kier alpha value is -1.52. The molecule has 1 rings (SSSR count). The predicted molar refractivity (Wildman–Crippen MR) is 58.4 cm³/mol. The van der Waals surface area contributed by atoms with Gasteiger partial charge in [0.05, 0.1) is 6.33 Å². The lowest BCUT2D eigenvalue weighted by molar-refractivity contribution is 0.231. The minimum absolute atomic E-state index is 0.0237. The largest absolute Gasteiger partial charge is 0.338 e. The molecule has 84 valence electrons. The van der Waals surface area contributed by atoms with Gasteiger partial charge >= 0.3 is 6.03 Å². The minimum atomic E-state index is -0.127. The van der Waals surface area contributed by atoms with Crippen molar-refractivity contribution < 1.29 is 4.79 Å². The molecule has 0 aliphatic carbocycles. The Bertz CT molecular complexity index is 284.